The molecule has 1 aliphatic rings. The Kier molecular flexibility index (Phi) is 3.07. The minimum Gasteiger partial charge on any atom is -0.344 e. The van der Waals surface area contributed by atoms with Crippen LogP contribution in [0.2, 0.25) is 0 Å². The Morgan fingerprint density at radius 3 is 2.70 bits per heavy atom. The second-order valence-corrected chi connectivity index (χ2v) is 5.91. The zero-order valence-electron chi connectivity index (χ0n) is 13.1. The van der Waals surface area contributed by atoms with Crippen molar-refractivity contribution < 1.29 is 4.79 Å². The van der Waals surface area contributed by atoms with E-state index in [2.05, 4.69) is 30.9 Å². The van der Waals surface area contributed by atoms with Gasteiger partial charge in [-0.05, 0) is 18.2 Å². The largest absolute Gasteiger partial charge is 0.344 e. The summed E-state index contributed by atoms with van der Waals surface area (Å²) in [5, 5.41) is 7.12. The molecule has 0 spiro atoms. The number of carbonyl (C=O) groups excluding carboxylic acids is 1. The lowest BCUT2D eigenvalue weighted by atomic mass is 10.1. The highest BCUT2D eigenvalue weighted by molar-refractivity contribution is 5.92. The third-order valence-electron chi connectivity index (χ3n) is 4.21. The van der Waals surface area contributed by atoms with Gasteiger partial charge in [-0.15, -0.1) is 0 Å². The Morgan fingerprint density at radius 2 is 2.00 bits per heavy atom. The molecule has 0 aliphatic carbocycles. The van der Waals surface area contributed by atoms with Crippen molar-refractivity contribution in [1.82, 2.24) is 24.6 Å². The molecule has 0 atom stereocenters. The molecule has 1 N–H and O–H groups in total. The lowest BCUT2D eigenvalue weighted by Crippen LogP contribution is -2.60. The second kappa shape index (κ2) is 5.12. The van der Waals surface area contributed by atoms with E-state index in [4.69, 9.17) is 0 Å². The highest BCUT2D eigenvalue weighted by Gasteiger charge is 2.31. The maximum Gasteiger partial charge on any atom is 0.272 e. The quantitative estimate of drug-likeness (QED) is 0.781. The number of imidazole rings is 1. The summed E-state index contributed by atoms with van der Waals surface area (Å²) < 4.78 is 3.72. The predicted octanol–water partition coefficient (Wildman–Crippen LogP) is 0.925. The number of anilines is 1. The first-order chi connectivity index (χ1) is 11.1. The molecule has 0 radical (unpaired) electrons. The van der Waals surface area contributed by atoms with E-state index >= 15 is 0 Å². The van der Waals surface area contributed by atoms with Crippen LogP contribution in [0.5, 0.6) is 0 Å². The van der Waals surface area contributed by atoms with Crippen LogP contribution >= 0.6 is 0 Å². The Labute approximate surface area is 133 Å². The minimum absolute atomic E-state index is 0.125. The molecule has 7 heteroatoms. The molecular weight excluding hydrogens is 292 g/mol. The molecule has 0 saturated carbocycles. The van der Waals surface area contributed by atoms with E-state index in [9.17, 15) is 4.79 Å². The molecular formula is C16H18N6O. The van der Waals surface area contributed by atoms with Gasteiger partial charge in [-0.1, -0.05) is 12.1 Å². The monoisotopic (exact) mass is 310 g/mol. The van der Waals surface area contributed by atoms with E-state index in [1.807, 2.05) is 25.2 Å². The van der Waals surface area contributed by atoms with Crippen LogP contribution in [-0.4, -0.2) is 44.4 Å². The summed E-state index contributed by atoms with van der Waals surface area (Å²) in [7, 11) is 3.82. The fourth-order valence-electron chi connectivity index (χ4n) is 2.94. The van der Waals surface area contributed by atoms with Gasteiger partial charge in [-0.3, -0.25) is 9.48 Å². The summed E-state index contributed by atoms with van der Waals surface area (Å²) in [6, 6.07) is 9.93. The van der Waals surface area contributed by atoms with Gasteiger partial charge in [0.05, 0.1) is 17.1 Å². The van der Waals surface area contributed by atoms with Gasteiger partial charge in [-0.2, -0.15) is 5.10 Å². The Bertz CT molecular complexity index is 874. The fraction of sp³-hybridized carbons (Fsp3) is 0.312. The van der Waals surface area contributed by atoms with Crippen LogP contribution < -0.4 is 10.2 Å². The topological polar surface area (TPSA) is 68.0 Å². The smallest absolute Gasteiger partial charge is 0.272 e. The first-order valence-electron chi connectivity index (χ1n) is 7.59. The first-order valence-corrected chi connectivity index (χ1v) is 7.59. The molecule has 3 aromatic rings. The van der Waals surface area contributed by atoms with E-state index in [0.717, 1.165) is 30.1 Å². The minimum atomic E-state index is -0.125. The van der Waals surface area contributed by atoms with Crippen molar-refractivity contribution in [2.75, 3.05) is 18.0 Å². The van der Waals surface area contributed by atoms with Crippen molar-refractivity contribution in [3.05, 3.63) is 42.2 Å². The van der Waals surface area contributed by atoms with Crippen LogP contribution in [0.4, 0.5) is 5.95 Å². The third-order valence-corrected chi connectivity index (χ3v) is 4.21. The molecule has 4 rings (SSSR count). The van der Waals surface area contributed by atoms with Crippen LogP contribution in [0.25, 0.3) is 11.0 Å². The summed E-state index contributed by atoms with van der Waals surface area (Å²) in [6.07, 6.45) is 1.77. The van der Waals surface area contributed by atoms with Crippen molar-refractivity contribution in [1.29, 1.82) is 0 Å². The molecule has 1 aliphatic heterocycles. The Morgan fingerprint density at radius 1 is 1.22 bits per heavy atom. The maximum atomic E-state index is 12.1. The molecule has 1 amide bonds. The van der Waals surface area contributed by atoms with Gasteiger partial charge in [-0.25, -0.2) is 4.98 Å². The summed E-state index contributed by atoms with van der Waals surface area (Å²) in [6.45, 7) is 1.52. The standard InChI is InChI=1S/C16H18N6O/c1-20-8-7-13(19-20)15(23)17-11-9-22(10-11)16-18-12-5-3-4-6-14(12)21(16)2/h3-8,11H,9-10H2,1-2H3,(H,17,23). The van der Waals surface area contributed by atoms with Crippen LogP contribution in [0, 0.1) is 0 Å². The number of rotatable bonds is 3. The van der Waals surface area contributed by atoms with Gasteiger partial charge in [0, 0.05) is 33.4 Å². The van der Waals surface area contributed by atoms with Gasteiger partial charge in [0.2, 0.25) is 5.95 Å². The SMILES string of the molecule is Cn1ccc(C(=O)NC2CN(c3nc4ccccc4n3C)C2)n1. The number of carbonyl (C=O) groups is 1. The Hall–Kier alpha value is -2.83. The molecule has 0 bridgehead atoms. The normalized spacial score (nSPS) is 15.0. The van der Waals surface area contributed by atoms with Gasteiger partial charge in [0.25, 0.3) is 5.91 Å². The number of hydrogen-bond donors (Lipinski definition) is 1. The van der Waals surface area contributed by atoms with E-state index in [-0.39, 0.29) is 11.9 Å². The van der Waals surface area contributed by atoms with Crippen LogP contribution in [0.1, 0.15) is 10.5 Å². The Balaban J connectivity index is 1.43. The average molecular weight is 310 g/mol. The fourth-order valence-corrected chi connectivity index (χ4v) is 2.94. The number of aryl methyl sites for hydroxylation is 2. The van der Waals surface area contributed by atoms with Crippen LogP contribution in [0.3, 0.4) is 0 Å². The first kappa shape index (κ1) is 13.8. The highest BCUT2D eigenvalue weighted by Crippen LogP contribution is 2.24. The zero-order chi connectivity index (χ0) is 16.0. The van der Waals surface area contributed by atoms with Crippen LogP contribution in [-0.2, 0) is 14.1 Å². The number of nitrogens with zero attached hydrogens (tertiary/aromatic N) is 5. The summed E-state index contributed by atoms with van der Waals surface area (Å²) in [5.41, 5.74) is 2.56. The van der Waals surface area contributed by atoms with Crippen LogP contribution in [0.15, 0.2) is 36.5 Å². The van der Waals surface area contributed by atoms with Crippen molar-refractivity contribution in [3.8, 4) is 0 Å². The molecule has 1 saturated heterocycles. The molecule has 2 aromatic heterocycles. The summed E-state index contributed by atoms with van der Waals surface area (Å²) >= 11 is 0. The number of para-hydroxylation sites is 2. The number of amides is 1. The maximum absolute atomic E-state index is 12.1. The predicted molar refractivity (Wildman–Crippen MR) is 87.4 cm³/mol. The van der Waals surface area contributed by atoms with E-state index in [1.54, 1.807) is 24.0 Å². The number of fused-ring (bicyclic) bond motifs is 1. The van der Waals surface area contributed by atoms with Gasteiger partial charge in [0.1, 0.15) is 5.69 Å². The van der Waals surface area contributed by atoms with Crippen molar-refractivity contribution >= 4 is 22.9 Å². The van der Waals surface area contributed by atoms with E-state index in [1.165, 1.54) is 0 Å². The van der Waals surface area contributed by atoms with Gasteiger partial charge < -0.3 is 14.8 Å². The molecule has 1 aromatic carbocycles. The average Bonchev–Trinajstić information content (AvgIpc) is 3.07. The lowest BCUT2D eigenvalue weighted by Gasteiger charge is -2.39. The molecule has 3 heterocycles. The number of hydrogen-bond acceptors (Lipinski definition) is 4. The second-order valence-electron chi connectivity index (χ2n) is 5.91. The number of nitrogens with one attached hydrogen (secondary N) is 1. The molecule has 1 fully saturated rings. The molecule has 118 valence electrons. The van der Waals surface area contributed by atoms with E-state index in [0.29, 0.717) is 5.69 Å². The summed E-state index contributed by atoms with van der Waals surface area (Å²) in [5.74, 6) is 0.815. The highest BCUT2D eigenvalue weighted by atomic mass is 16.2. The molecule has 23 heavy (non-hydrogen) atoms. The number of benzene rings is 1. The van der Waals surface area contributed by atoms with Crippen molar-refractivity contribution in [3.63, 3.8) is 0 Å². The number of aromatic nitrogens is 4. The molecule has 0 unspecified atom stereocenters. The van der Waals surface area contributed by atoms with Gasteiger partial charge >= 0.3 is 0 Å². The molecule has 7 nitrogen and oxygen atoms in total. The third kappa shape index (κ3) is 2.34. The zero-order valence-corrected chi connectivity index (χ0v) is 13.1. The van der Waals surface area contributed by atoms with E-state index < -0.39 is 0 Å². The summed E-state index contributed by atoms with van der Waals surface area (Å²) in [4.78, 5) is 18.9. The van der Waals surface area contributed by atoms with Crippen molar-refractivity contribution in [2.24, 2.45) is 14.1 Å². The van der Waals surface area contributed by atoms with Gasteiger partial charge in [0.15, 0.2) is 0 Å². The lowest BCUT2D eigenvalue weighted by molar-refractivity contribution is 0.0924. The van der Waals surface area contributed by atoms with Crippen molar-refractivity contribution in [2.45, 2.75) is 6.04 Å².